The normalized spacial score (nSPS) is 12.8. The molecule has 1 aromatic rings. The molecule has 0 aromatic heterocycles. The van der Waals surface area contributed by atoms with Crippen molar-refractivity contribution >= 4 is 11.7 Å². The van der Waals surface area contributed by atoms with Crippen molar-refractivity contribution in [3.8, 4) is 11.5 Å². The van der Waals surface area contributed by atoms with E-state index in [1.54, 1.807) is 19.1 Å². The Bertz CT molecular complexity index is 531. The van der Waals surface area contributed by atoms with Gasteiger partial charge >= 0.3 is 0 Å². The van der Waals surface area contributed by atoms with Gasteiger partial charge in [-0.2, -0.15) is 0 Å². The number of nitrogens with zero attached hydrogens (tertiary/aromatic N) is 2. The number of phenolic OH excluding ortho intramolecular Hbond substituents is 1. The summed E-state index contributed by atoms with van der Waals surface area (Å²) in [7, 11) is 1.42. The molecule has 0 aliphatic heterocycles. The Kier molecular flexibility index (Phi) is 5.83. The number of carbonyl (C=O) groups is 1. The number of rotatable bonds is 6. The number of phenols is 1. The summed E-state index contributed by atoms with van der Waals surface area (Å²) in [5.74, 6) is -0.546. The number of hydrogen-bond donors (Lipinski definition) is 3. The van der Waals surface area contributed by atoms with Crippen molar-refractivity contribution in [3.05, 3.63) is 23.8 Å². The molecule has 1 aromatic carbocycles. The number of ether oxygens (including phenoxy) is 1. The van der Waals surface area contributed by atoms with Gasteiger partial charge in [0, 0.05) is 19.0 Å². The van der Waals surface area contributed by atoms with Gasteiger partial charge in [0.25, 0.3) is 5.91 Å². The monoisotopic (exact) mass is 295 g/mol. The maximum atomic E-state index is 12.5. The fourth-order valence-electron chi connectivity index (χ4n) is 1.91. The van der Waals surface area contributed by atoms with Gasteiger partial charge in [0.2, 0.25) is 0 Å². The minimum absolute atomic E-state index is 0.0520. The molecular weight excluding hydrogens is 274 g/mol. The van der Waals surface area contributed by atoms with Gasteiger partial charge < -0.3 is 25.7 Å². The fraction of sp³-hybridized carbons (Fsp3) is 0.429. The molecule has 0 fully saturated rings. The van der Waals surface area contributed by atoms with Crippen LogP contribution in [0.1, 0.15) is 24.2 Å². The van der Waals surface area contributed by atoms with Crippen molar-refractivity contribution in [2.75, 3.05) is 20.2 Å². The maximum absolute atomic E-state index is 12.5. The van der Waals surface area contributed by atoms with Crippen LogP contribution in [0.15, 0.2) is 23.4 Å². The SMILES string of the molecule is CCN(CC(C)C(N)=NO)C(=O)c1cccc(OC)c1O. The number of hydrogen-bond acceptors (Lipinski definition) is 5. The third-order valence-electron chi connectivity index (χ3n) is 3.23. The first-order chi connectivity index (χ1) is 9.96. The van der Waals surface area contributed by atoms with E-state index >= 15 is 0 Å². The van der Waals surface area contributed by atoms with E-state index in [1.165, 1.54) is 18.1 Å². The van der Waals surface area contributed by atoms with Crippen LogP contribution in [0.5, 0.6) is 11.5 Å². The van der Waals surface area contributed by atoms with E-state index in [-0.39, 0.29) is 41.3 Å². The van der Waals surface area contributed by atoms with Crippen LogP contribution in [0.3, 0.4) is 0 Å². The number of amides is 1. The molecule has 0 bridgehead atoms. The largest absolute Gasteiger partial charge is 0.504 e. The summed E-state index contributed by atoms with van der Waals surface area (Å²) in [5.41, 5.74) is 5.68. The number of methoxy groups -OCH3 is 1. The lowest BCUT2D eigenvalue weighted by molar-refractivity contribution is 0.0750. The first-order valence-electron chi connectivity index (χ1n) is 6.58. The van der Waals surface area contributed by atoms with Gasteiger partial charge in [0.1, 0.15) is 5.84 Å². The van der Waals surface area contributed by atoms with Gasteiger partial charge in [-0.3, -0.25) is 4.79 Å². The van der Waals surface area contributed by atoms with Crippen LogP contribution in [0.4, 0.5) is 0 Å². The number of carbonyl (C=O) groups excluding carboxylic acids is 1. The van der Waals surface area contributed by atoms with E-state index in [9.17, 15) is 9.90 Å². The first-order valence-corrected chi connectivity index (χ1v) is 6.58. The van der Waals surface area contributed by atoms with Gasteiger partial charge in [-0.05, 0) is 19.1 Å². The average molecular weight is 295 g/mol. The zero-order valence-corrected chi connectivity index (χ0v) is 12.4. The maximum Gasteiger partial charge on any atom is 0.257 e. The lowest BCUT2D eigenvalue weighted by atomic mass is 10.1. The topological polar surface area (TPSA) is 108 Å². The molecule has 0 heterocycles. The molecular formula is C14H21N3O4. The molecule has 4 N–H and O–H groups in total. The molecule has 1 rings (SSSR count). The number of para-hydroxylation sites is 1. The second-order valence-corrected chi connectivity index (χ2v) is 4.63. The number of amidine groups is 1. The average Bonchev–Trinajstić information content (AvgIpc) is 2.51. The lowest BCUT2D eigenvalue weighted by Crippen LogP contribution is -2.38. The Hall–Kier alpha value is -2.44. The van der Waals surface area contributed by atoms with Crippen LogP contribution in [0.25, 0.3) is 0 Å². The molecule has 7 heteroatoms. The molecule has 0 spiro atoms. The van der Waals surface area contributed by atoms with Crippen LogP contribution in [-0.4, -0.2) is 47.2 Å². The Morgan fingerprint density at radius 1 is 1.52 bits per heavy atom. The van der Waals surface area contributed by atoms with E-state index < -0.39 is 0 Å². The Labute approximate surface area is 123 Å². The summed E-state index contributed by atoms with van der Waals surface area (Å²) in [6.07, 6.45) is 0. The minimum Gasteiger partial charge on any atom is -0.504 e. The van der Waals surface area contributed by atoms with E-state index in [4.69, 9.17) is 15.7 Å². The van der Waals surface area contributed by atoms with Crippen LogP contribution in [-0.2, 0) is 0 Å². The Morgan fingerprint density at radius 3 is 2.71 bits per heavy atom. The Balaban J connectivity index is 2.99. The third-order valence-corrected chi connectivity index (χ3v) is 3.23. The van der Waals surface area contributed by atoms with Crippen LogP contribution < -0.4 is 10.5 Å². The van der Waals surface area contributed by atoms with Crippen molar-refractivity contribution in [2.45, 2.75) is 13.8 Å². The molecule has 21 heavy (non-hydrogen) atoms. The molecule has 1 unspecified atom stereocenters. The smallest absolute Gasteiger partial charge is 0.257 e. The van der Waals surface area contributed by atoms with Crippen molar-refractivity contribution in [1.29, 1.82) is 0 Å². The second-order valence-electron chi connectivity index (χ2n) is 4.63. The summed E-state index contributed by atoms with van der Waals surface area (Å²) < 4.78 is 4.99. The van der Waals surface area contributed by atoms with Gasteiger partial charge in [-0.15, -0.1) is 0 Å². The molecule has 1 amide bonds. The number of aromatic hydroxyl groups is 1. The van der Waals surface area contributed by atoms with E-state index in [0.29, 0.717) is 6.54 Å². The van der Waals surface area contributed by atoms with Crippen molar-refractivity contribution < 1.29 is 19.8 Å². The highest BCUT2D eigenvalue weighted by molar-refractivity contribution is 5.98. The first kappa shape index (κ1) is 16.6. The van der Waals surface area contributed by atoms with Crippen molar-refractivity contribution in [2.24, 2.45) is 16.8 Å². The van der Waals surface area contributed by atoms with Gasteiger partial charge in [-0.25, -0.2) is 0 Å². The fourth-order valence-corrected chi connectivity index (χ4v) is 1.91. The van der Waals surface area contributed by atoms with Crippen molar-refractivity contribution in [1.82, 2.24) is 4.90 Å². The van der Waals surface area contributed by atoms with Crippen LogP contribution >= 0.6 is 0 Å². The molecule has 0 saturated heterocycles. The number of oxime groups is 1. The van der Waals surface area contributed by atoms with E-state index in [2.05, 4.69) is 5.16 Å². The van der Waals surface area contributed by atoms with Crippen LogP contribution in [0, 0.1) is 5.92 Å². The summed E-state index contributed by atoms with van der Waals surface area (Å²) >= 11 is 0. The second kappa shape index (κ2) is 7.37. The van der Waals surface area contributed by atoms with Crippen molar-refractivity contribution in [3.63, 3.8) is 0 Å². The molecule has 0 radical (unpaired) electrons. The highest BCUT2D eigenvalue weighted by atomic mass is 16.5. The summed E-state index contributed by atoms with van der Waals surface area (Å²) in [6.45, 7) is 4.27. The molecule has 0 aliphatic carbocycles. The quantitative estimate of drug-likeness (QED) is 0.317. The zero-order valence-electron chi connectivity index (χ0n) is 12.4. The summed E-state index contributed by atoms with van der Waals surface area (Å²) in [6, 6.07) is 4.73. The minimum atomic E-state index is -0.341. The van der Waals surface area contributed by atoms with E-state index in [1.807, 2.05) is 6.92 Å². The zero-order chi connectivity index (χ0) is 16.0. The Morgan fingerprint density at radius 2 is 2.19 bits per heavy atom. The van der Waals surface area contributed by atoms with Gasteiger partial charge in [0.05, 0.1) is 12.7 Å². The highest BCUT2D eigenvalue weighted by Crippen LogP contribution is 2.30. The highest BCUT2D eigenvalue weighted by Gasteiger charge is 2.22. The standard InChI is InChI=1S/C14H21N3O4/c1-4-17(8-9(2)13(15)16-20)14(19)10-6-5-7-11(21-3)12(10)18/h5-7,9,18,20H,4,8H2,1-3H3,(H2,15,16). The molecule has 0 saturated carbocycles. The molecule has 1 atom stereocenters. The third kappa shape index (κ3) is 3.77. The number of nitrogens with two attached hydrogens (primary N) is 1. The summed E-state index contributed by atoms with van der Waals surface area (Å²) in [5, 5.41) is 21.6. The molecule has 116 valence electrons. The number of benzene rings is 1. The molecule has 7 nitrogen and oxygen atoms in total. The van der Waals surface area contributed by atoms with Gasteiger partial charge in [-0.1, -0.05) is 18.1 Å². The molecule has 0 aliphatic rings. The van der Waals surface area contributed by atoms with Gasteiger partial charge in [0.15, 0.2) is 11.5 Å². The lowest BCUT2D eigenvalue weighted by Gasteiger charge is -2.24. The van der Waals surface area contributed by atoms with Crippen LogP contribution in [0.2, 0.25) is 0 Å². The predicted octanol–water partition coefficient (Wildman–Crippen LogP) is 1.25. The summed E-state index contributed by atoms with van der Waals surface area (Å²) in [4.78, 5) is 14.0. The predicted molar refractivity (Wildman–Crippen MR) is 78.8 cm³/mol. The van der Waals surface area contributed by atoms with E-state index in [0.717, 1.165) is 0 Å².